The summed E-state index contributed by atoms with van der Waals surface area (Å²) in [5, 5.41) is 0. The molecule has 0 bridgehead atoms. The van der Waals surface area contributed by atoms with E-state index in [1.165, 1.54) is 0 Å². The van der Waals surface area contributed by atoms with E-state index in [2.05, 4.69) is 25.7 Å². The number of likely N-dealkylation sites (N-methyl/N-ethyl adjacent to an activating group) is 2. The average molecular weight is 198 g/mol. The Labute approximate surface area is 87.1 Å². The fourth-order valence-corrected chi connectivity index (χ4v) is 2.15. The van der Waals surface area contributed by atoms with Gasteiger partial charge in [-0.3, -0.25) is 9.69 Å². The van der Waals surface area contributed by atoms with E-state index in [9.17, 15) is 4.79 Å². The van der Waals surface area contributed by atoms with Crippen LogP contribution in [0.1, 0.15) is 33.6 Å². The Balaban J connectivity index is 2.65. The normalized spacial score (nSPS) is 24.4. The zero-order valence-corrected chi connectivity index (χ0v) is 9.62. The molecule has 0 unspecified atom stereocenters. The fraction of sp³-hybridized carbons (Fsp3) is 0.909. The molecule has 0 spiro atoms. The highest BCUT2D eigenvalue weighted by molar-refractivity contribution is 5.82. The lowest BCUT2D eigenvalue weighted by atomic mass is 10.1. The van der Waals surface area contributed by atoms with Crippen LogP contribution in [0.4, 0.5) is 0 Å². The van der Waals surface area contributed by atoms with E-state index in [1.54, 1.807) is 0 Å². The summed E-state index contributed by atoms with van der Waals surface area (Å²) in [7, 11) is 0. The van der Waals surface area contributed by atoms with Crippen LogP contribution < -0.4 is 0 Å². The Morgan fingerprint density at radius 2 is 1.93 bits per heavy atom. The van der Waals surface area contributed by atoms with Gasteiger partial charge in [0.15, 0.2) is 0 Å². The zero-order chi connectivity index (χ0) is 10.6. The Morgan fingerprint density at radius 3 is 2.43 bits per heavy atom. The van der Waals surface area contributed by atoms with Gasteiger partial charge in [-0.15, -0.1) is 0 Å². The van der Waals surface area contributed by atoms with Gasteiger partial charge in [0, 0.05) is 19.6 Å². The molecule has 3 nitrogen and oxygen atoms in total. The topological polar surface area (TPSA) is 23.6 Å². The van der Waals surface area contributed by atoms with Crippen LogP contribution in [0.15, 0.2) is 0 Å². The van der Waals surface area contributed by atoms with Gasteiger partial charge < -0.3 is 4.90 Å². The molecule has 1 aliphatic heterocycles. The lowest BCUT2D eigenvalue weighted by molar-refractivity contribution is -0.141. The molecule has 0 aromatic carbocycles. The predicted molar refractivity (Wildman–Crippen MR) is 58.2 cm³/mol. The molecule has 0 radical (unpaired) electrons. The van der Waals surface area contributed by atoms with Gasteiger partial charge in [-0.05, 0) is 19.9 Å². The third-order valence-electron chi connectivity index (χ3n) is 3.04. The summed E-state index contributed by atoms with van der Waals surface area (Å²) in [6.07, 6.45) is 2.09. The standard InChI is InChI=1S/C11H22N2O/c1-4-7-10-11(14)13(6-3)9-8-12(10)5-2/h10H,4-9H2,1-3H3/t10-/m0/s1. The lowest BCUT2D eigenvalue weighted by Gasteiger charge is -2.39. The van der Waals surface area contributed by atoms with Gasteiger partial charge in [-0.1, -0.05) is 20.3 Å². The third kappa shape index (κ3) is 2.27. The van der Waals surface area contributed by atoms with Crippen LogP contribution in [-0.2, 0) is 4.79 Å². The first kappa shape index (κ1) is 11.5. The van der Waals surface area contributed by atoms with Crippen molar-refractivity contribution in [1.29, 1.82) is 0 Å². The Kier molecular flexibility index (Phi) is 4.39. The van der Waals surface area contributed by atoms with Gasteiger partial charge in [0.2, 0.25) is 5.91 Å². The van der Waals surface area contributed by atoms with Crippen molar-refractivity contribution in [3.8, 4) is 0 Å². The molecular formula is C11H22N2O. The maximum atomic E-state index is 12.0. The summed E-state index contributed by atoms with van der Waals surface area (Å²) in [5.41, 5.74) is 0. The van der Waals surface area contributed by atoms with E-state index in [4.69, 9.17) is 0 Å². The van der Waals surface area contributed by atoms with E-state index < -0.39 is 0 Å². The van der Waals surface area contributed by atoms with Crippen molar-refractivity contribution in [3.05, 3.63) is 0 Å². The number of hydrogen-bond acceptors (Lipinski definition) is 2. The molecule has 0 aliphatic carbocycles. The van der Waals surface area contributed by atoms with Crippen LogP contribution in [0.3, 0.4) is 0 Å². The van der Waals surface area contributed by atoms with Gasteiger partial charge in [0.05, 0.1) is 6.04 Å². The van der Waals surface area contributed by atoms with Crippen LogP contribution in [-0.4, -0.2) is 47.9 Å². The summed E-state index contributed by atoms with van der Waals surface area (Å²) in [5.74, 6) is 0.336. The smallest absolute Gasteiger partial charge is 0.239 e. The van der Waals surface area contributed by atoms with Crippen LogP contribution >= 0.6 is 0 Å². The molecule has 14 heavy (non-hydrogen) atoms. The molecule has 1 rings (SSSR count). The van der Waals surface area contributed by atoms with Crippen LogP contribution in [0.2, 0.25) is 0 Å². The summed E-state index contributed by atoms with van der Waals surface area (Å²) < 4.78 is 0. The summed E-state index contributed by atoms with van der Waals surface area (Å²) >= 11 is 0. The molecule has 1 fully saturated rings. The minimum atomic E-state index is 0.152. The number of amides is 1. The monoisotopic (exact) mass is 198 g/mol. The maximum Gasteiger partial charge on any atom is 0.239 e. The number of carbonyl (C=O) groups is 1. The fourth-order valence-electron chi connectivity index (χ4n) is 2.15. The number of piperazine rings is 1. The van der Waals surface area contributed by atoms with Crippen LogP contribution in [0, 0.1) is 0 Å². The first-order valence-electron chi connectivity index (χ1n) is 5.77. The summed E-state index contributed by atoms with van der Waals surface area (Å²) in [4.78, 5) is 16.3. The second-order valence-corrected chi connectivity index (χ2v) is 3.85. The van der Waals surface area contributed by atoms with Crippen LogP contribution in [0.5, 0.6) is 0 Å². The van der Waals surface area contributed by atoms with Crippen molar-refractivity contribution < 1.29 is 4.79 Å². The highest BCUT2D eigenvalue weighted by atomic mass is 16.2. The molecule has 82 valence electrons. The van der Waals surface area contributed by atoms with Crippen molar-refractivity contribution in [3.63, 3.8) is 0 Å². The van der Waals surface area contributed by atoms with E-state index >= 15 is 0 Å². The molecule has 0 N–H and O–H groups in total. The van der Waals surface area contributed by atoms with E-state index in [-0.39, 0.29) is 6.04 Å². The number of carbonyl (C=O) groups excluding carboxylic acids is 1. The number of rotatable bonds is 4. The van der Waals surface area contributed by atoms with Crippen molar-refractivity contribution >= 4 is 5.91 Å². The molecule has 0 saturated carbocycles. The second-order valence-electron chi connectivity index (χ2n) is 3.85. The molecular weight excluding hydrogens is 176 g/mol. The van der Waals surface area contributed by atoms with E-state index in [0.717, 1.165) is 39.0 Å². The highest BCUT2D eigenvalue weighted by Gasteiger charge is 2.31. The molecule has 1 atom stereocenters. The van der Waals surface area contributed by atoms with Crippen LogP contribution in [0.25, 0.3) is 0 Å². The minimum absolute atomic E-state index is 0.152. The van der Waals surface area contributed by atoms with Crippen molar-refractivity contribution in [2.45, 2.75) is 39.7 Å². The molecule has 1 heterocycles. The maximum absolute atomic E-state index is 12.0. The molecule has 0 aromatic heterocycles. The molecule has 1 saturated heterocycles. The van der Waals surface area contributed by atoms with E-state index in [1.807, 2.05) is 4.90 Å². The third-order valence-corrected chi connectivity index (χ3v) is 3.04. The van der Waals surface area contributed by atoms with Crippen molar-refractivity contribution in [2.75, 3.05) is 26.2 Å². The molecule has 1 amide bonds. The van der Waals surface area contributed by atoms with Crippen molar-refractivity contribution in [2.24, 2.45) is 0 Å². The highest BCUT2D eigenvalue weighted by Crippen LogP contribution is 2.15. The van der Waals surface area contributed by atoms with Gasteiger partial charge >= 0.3 is 0 Å². The zero-order valence-electron chi connectivity index (χ0n) is 9.62. The largest absolute Gasteiger partial charge is 0.340 e. The number of hydrogen-bond donors (Lipinski definition) is 0. The quantitative estimate of drug-likeness (QED) is 0.680. The average Bonchev–Trinajstić information content (AvgIpc) is 2.21. The molecule has 3 heteroatoms. The Morgan fingerprint density at radius 1 is 1.21 bits per heavy atom. The second kappa shape index (κ2) is 5.35. The van der Waals surface area contributed by atoms with Gasteiger partial charge in [-0.2, -0.15) is 0 Å². The minimum Gasteiger partial charge on any atom is -0.340 e. The van der Waals surface area contributed by atoms with Gasteiger partial charge in [0.1, 0.15) is 0 Å². The number of nitrogens with zero attached hydrogens (tertiary/aromatic N) is 2. The Hall–Kier alpha value is -0.570. The summed E-state index contributed by atoms with van der Waals surface area (Å²) in [6.45, 7) is 10.1. The first-order chi connectivity index (χ1) is 6.74. The van der Waals surface area contributed by atoms with Gasteiger partial charge in [-0.25, -0.2) is 0 Å². The predicted octanol–water partition coefficient (Wildman–Crippen LogP) is 1.34. The molecule has 1 aliphatic rings. The SMILES string of the molecule is CCC[C@H]1C(=O)N(CC)CCN1CC. The Bertz CT molecular complexity index is 194. The first-order valence-corrected chi connectivity index (χ1v) is 5.77. The molecule has 0 aromatic rings. The summed E-state index contributed by atoms with van der Waals surface area (Å²) in [6, 6.07) is 0.152. The van der Waals surface area contributed by atoms with Gasteiger partial charge in [0.25, 0.3) is 0 Å². The lowest BCUT2D eigenvalue weighted by Crippen LogP contribution is -2.56. The van der Waals surface area contributed by atoms with Crippen molar-refractivity contribution in [1.82, 2.24) is 9.80 Å². The van der Waals surface area contributed by atoms with E-state index in [0.29, 0.717) is 5.91 Å².